The van der Waals surface area contributed by atoms with Gasteiger partial charge >= 0.3 is 0 Å². The van der Waals surface area contributed by atoms with Crippen LogP contribution in [0.1, 0.15) is 33.6 Å². The van der Waals surface area contributed by atoms with Crippen molar-refractivity contribution >= 4 is 17.5 Å². The van der Waals surface area contributed by atoms with Gasteiger partial charge in [0.2, 0.25) is 5.91 Å². The van der Waals surface area contributed by atoms with Crippen molar-refractivity contribution in [2.24, 2.45) is 5.92 Å². The Labute approximate surface area is 206 Å². The largest absolute Gasteiger partial charge is 0.390 e. The number of fused-ring (bicyclic) bond motifs is 1. The van der Waals surface area contributed by atoms with Crippen LogP contribution in [0.4, 0.5) is 0 Å². The highest BCUT2D eigenvalue weighted by molar-refractivity contribution is 6.04. The van der Waals surface area contributed by atoms with Crippen LogP contribution < -0.4 is 0 Å². The summed E-state index contributed by atoms with van der Waals surface area (Å²) in [5, 5.41) is 30.6. The van der Waals surface area contributed by atoms with Crippen molar-refractivity contribution in [1.82, 2.24) is 4.90 Å². The Morgan fingerprint density at radius 3 is 2.26 bits per heavy atom. The second kappa shape index (κ2) is 13.7. The summed E-state index contributed by atoms with van der Waals surface area (Å²) in [6.07, 6.45) is 15.6. The highest BCUT2D eigenvalue weighted by Gasteiger charge is 2.39. The first kappa shape index (κ1) is 28.1. The Kier molecular flexibility index (Phi) is 11.0. The van der Waals surface area contributed by atoms with Gasteiger partial charge in [0, 0.05) is 12.5 Å². The molecule has 1 saturated heterocycles. The van der Waals surface area contributed by atoms with Crippen molar-refractivity contribution in [3.05, 3.63) is 84.1 Å². The molecule has 188 valence electrons. The summed E-state index contributed by atoms with van der Waals surface area (Å²) in [5.74, 6) is -1.39. The van der Waals surface area contributed by atoms with Gasteiger partial charge in [-0.1, -0.05) is 78.8 Å². The van der Waals surface area contributed by atoms with Gasteiger partial charge in [-0.2, -0.15) is 0 Å². The zero-order valence-corrected chi connectivity index (χ0v) is 20.4. The van der Waals surface area contributed by atoms with Crippen LogP contribution in [0, 0.1) is 5.92 Å². The minimum atomic E-state index is -1.53. The quantitative estimate of drug-likeness (QED) is 0.458. The summed E-state index contributed by atoms with van der Waals surface area (Å²) >= 11 is 0. The molecule has 7 heteroatoms. The number of rotatable bonds is 0. The van der Waals surface area contributed by atoms with Crippen molar-refractivity contribution in [3.63, 3.8) is 0 Å². The SMILES string of the molecule is CC1=C/C=C/[C@H]2[C@H](O)[C@@H](C)CN2C(=O)CC(=O)/C=C/C(C)=C/C=C/C[C@H](O)[C@H](O)C(=O)/C=C/C=C1. The highest BCUT2D eigenvalue weighted by atomic mass is 16.3. The minimum absolute atomic E-state index is 0.0764. The van der Waals surface area contributed by atoms with Crippen molar-refractivity contribution in [3.8, 4) is 0 Å². The van der Waals surface area contributed by atoms with E-state index in [1.165, 1.54) is 18.2 Å². The predicted molar refractivity (Wildman–Crippen MR) is 135 cm³/mol. The van der Waals surface area contributed by atoms with Crippen LogP contribution in [0.5, 0.6) is 0 Å². The summed E-state index contributed by atoms with van der Waals surface area (Å²) in [4.78, 5) is 38.8. The van der Waals surface area contributed by atoms with Crippen LogP contribution in [0.25, 0.3) is 0 Å². The standard InChI is InChI=1S/C28H35NO6/c1-19-9-4-6-13-24(31)28(35)25(32)14-7-5-10-20(2)15-16-22(30)17-26(33)29-18-21(3)27(34)23(29)12-8-11-19/h4-13,15-16,21,23,25,27-28,32,34-35H,14,17-18H2,1-3H3/b7-5+,9-4?,12-8+,13-6+,16-15+,19-11?,20-10+/t21-,23-,25-,27+,28+/m0/s1. The smallest absolute Gasteiger partial charge is 0.230 e. The first-order valence-corrected chi connectivity index (χ1v) is 11.7. The van der Waals surface area contributed by atoms with Crippen LogP contribution in [0.2, 0.25) is 0 Å². The van der Waals surface area contributed by atoms with Crippen LogP contribution in [0.15, 0.2) is 84.1 Å². The monoisotopic (exact) mass is 481 g/mol. The Bertz CT molecular complexity index is 997. The maximum Gasteiger partial charge on any atom is 0.230 e. The number of ketones is 2. The van der Waals surface area contributed by atoms with E-state index in [0.29, 0.717) is 6.54 Å². The van der Waals surface area contributed by atoms with Crippen molar-refractivity contribution in [2.45, 2.75) is 58.0 Å². The molecule has 1 amide bonds. The number of nitrogens with zero attached hydrogens (tertiary/aromatic N) is 1. The van der Waals surface area contributed by atoms with Gasteiger partial charge < -0.3 is 20.2 Å². The van der Waals surface area contributed by atoms with Gasteiger partial charge in [-0.15, -0.1) is 0 Å². The van der Waals surface area contributed by atoms with Crippen molar-refractivity contribution < 1.29 is 29.7 Å². The molecule has 2 aliphatic rings. The molecule has 0 aromatic carbocycles. The highest BCUT2D eigenvalue weighted by Crippen LogP contribution is 2.25. The number of allylic oxidation sites excluding steroid dienone is 11. The van der Waals surface area contributed by atoms with E-state index in [1.54, 1.807) is 66.5 Å². The fourth-order valence-electron chi connectivity index (χ4n) is 3.73. The number of aliphatic hydroxyl groups excluding tert-OH is 3. The molecule has 1 fully saturated rings. The lowest BCUT2D eigenvalue weighted by molar-refractivity contribution is -0.135. The van der Waals surface area contributed by atoms with Crippen LogP contribution in [-0.4, -0.2) is 68.6 Å². The zero-order valence-electron chi connectivity index (χ0n) is 20.4. The van der Waals surface area contributed by atoms with E-state index in [2.05, 4.69) is 0 Å². The van der Waals surface area contributed by atoms with Gasteiger partial charge in [0.25, 0.3) is 0 Å². The lowest BCUT2D eigenvalue weighted by Gasteiger charge is -2.23. The average molecular weight is 482 g/mol. The first-order chi connectivity index (χ1) is 16.6. The molecule has 0 radical (unpaired) electrons. The van der Waals surface area contributed by atoms with Crippen molar-refractivity contribution in [1.29, 1.82) is 0 Å². The number of amides is 1. The summed E-state index contributed by atoms with van der Waals surface area (Å²) in [7, 11) is 0. The molecule has 2 heterocycles. The van der Waals surface area contributed by atoms with Crippen LogP contribution >= 0.6 is 0 Å². The lowest BCUT2D eigenvalue weighted by Crippen LogP contribution is -2.39. The van der Waals surface area contributed by atoms with Gasteiger partial charge in [-0.05, 0) is 32.4 Å². The molecule has 0 aromatic rings. The molecule has 0 aliphatic carbocycles. The molecular formula is C28H35NO6. The zero-order chi connectivity index (χ0) is 26.0. The molecule has 7 nitrogen and oxygen atoms in total. The summed E-state index contributed by atoms with van der Waals surface area (Å²) in [5.41, 5.74) is 1.60. The fraction of sp³-hybridized carbons (Fsp3) is 0.393. The van der Waals surface area contributed by atoms with Gasteiger partial charge in [-0.3, -0.25) is 14.4 Å². The Balaban J connectivity index is 2.29. The molecule has 35 heavy (non-hydrogen) atoms. The molecular weight excluding hydrogens is 446 g/mol. The molecule has 0 bridgehead atoms. The van der Waals surface area contributed by atoms with Crippen LogP contribution in [0.3, 0.4) is 0 Å². The van der Waals surface area contributed by atoms with E-state index in [4.69, 9.17) is 0 Å². The van der Waals surface area contributed by atoms with Gasteiger partial charge in [0.05, 0.1) is 24.7 Å². The van der Waals surface area contributed by atoms with Crippen LogP contribution in [-0.2, 0) is 14.4 Å². The van der Waals surface area contributed by atoms with E-state index in [-0.39, 0.29) is 30.4 Å². The average Bonchev–Trinajstić information content (AvgIpc) is 3.10. The molecule has 2 aliphatic heterocycles. The number of carbonyl (C=O) groups is 3. The van der Waals surface area contributed by atoms with E-state index in [1.807, 2.05) is 13.8 Å². The second-order valence-electron chi connectivity index (χ2n) is 8.98. The third-order valence-electron chi connectivity index (χ3n) is 5.88. The summed E-state index contributed by atoms with van der Waals surface area (Å²) in [6, 6.07) is -0.527. The van der Waals surface area contributed by atoms with Gasteiger partial charge in [0.1, 0.15) is 6.10 Å². The summed E-state index contributed by atoms with van der Waals surface area (Å²) in [6.45, 7) is 5.86. The lowest BCUT2D eigenvalue weighted by atomic mass is 10.0. The molecule has 0 saturated carbocycles. The van der Waals surface area contributed by atoms with E-state index < -0.39 is 30.1 Å². The fourth-order valence-corrected chi connectivity index (χ4v) is 3.73. The number of aliphatic hydroxyl groups is 3. The number of hydrogen-bond donors (Lipinski definition) is 3. The minimum Gasteiger partial charge on any atom is -0.390 e. The van der Waals surface area contributed by atoms with Gasteiger partial charge in [-0.25, -0.2) is 0 Å². The Morgan fingerprint density at radius 1 is 0.857 bits per heavy atom. The molecule has 0 aromatic heterocycles. The molecule has 0 spiro atoms. The molecule has 2 rings (SSSR count). The summed E-state index contributed by atoms with van der Waals surface area (Å²) < 4.78 is 0. The van der Waals surface area contributed by atoms with Gasteiger partial charge in [0.15, 0.2) is 11.6 Å². The number of carbonyl (C=O) groups excluding carboxylic acids is 3. The maximum atomic E-state index is 12.8. The molecule has 3 N–H and O–H groups in total. The third kappa shape index (κ3) is 8.87. The Hall–Kier alpha value is -3.13. The second-order valence-corrected chi connectivity index (χ2v) is 8.98. The van der Waals surface area contributed by atoms with E-state index in [9.17, 15) is 29.7 Å². The van der Waals surface area contributed by atoms with Crippen molar-refractivity contribution in [2.75, 3.05) is 6.54 Å². The normalized spacial score (nSPS) is 35.0. The first-order valence-electron chi connectivity index (χ1n) is 11.7. The van der Waals surface area contributed by atoms with E-state index in [0.717, 1.165) is 11.1 Å². The molecule has 0 unspecified atom stereocenters. The topological polar surface area (TPSA) is 115 Å². The molecule has 5 atom stereocenters. The van der Waals surface area contributed by atoms with E-state index >= 15 is 0 Å². The third-order valence-corrected chi connectivity index (χ3v) is 5.88. The number of hydrogen-bond acceptors (Lipinski definition) is 6. The maximum absolute atomic E-state index is 12.8. The Morgan fingerprint density at radius 2 is 1.51 bits per heavy atom. The predicted octanol–water partition coefficient (Wildman–Crippen LogP) is 2.52.